The number of hydrogen-bond donors (Lipinski definition) is 4. The SMILES string of the molecule is CC(O)(CS(=O)(=O)c1ccc(O)cc1)C(=O)NO. The van der Waals surface area contributed by atoms with Crippen molar-refractivity contribution in [3.05, 3.63) is 24.3 Å². The van der Waals surface area contributed by atoms with Gasteiger partial charge in [0.15, 0.2) is 15.4 Å². The first-order valence-electron chi connectivity index (χ1n) is 4.88. The number of nitrogens with one attached hydrogen (secondary N) is 1. The van der Waals surface area contributed by atoms with Crippen LogP contribution in [0.1, 0.15) is 6.92 Å². The zero-order valence-corrected chi connectivity index (χ0v) is 10.3. The summed E-state index contributed by atoms with van der Waals surface area (Å²) >= 11 is 0. The van der Waals surface area contributed by atoms with Crippen LogP contribution in [-0.2, 0) is 14.6 Å². The maximum absolute atomic E-state index is 11.9. The second-order valence-electron chi connectivity index (χ2n) is 3.97. The van der Waals surface area contributed by atoms with Crippen molar-refractivity contribution >= 4 is 15.7 Å². The lowest BCUT2D eigenvalue weighted by Crippen LogP contribution is -2.48. The number of carbonyl (C=O) groups excluding carboxylic acids is 1. The Balaban J connectivity index is 3.02. The molecule has 1 rings (SSSR count). The third-order valence-corrected chi connectivity index (χ3v) is 4.19. The Bertz CT molecular complexity index is 534. The van der Waals surface area contributed by atoms with E-state index in [-0.39, 0.29) is 10.6 Å². The second kappa shape index (κ2) is 4.92. The molecule has 0 heterocycles. The van der Waals surface area contributed by atoms with Gasteiger partial charge in [-0.2, -0.15) is 0 Å². The third kappa shape index (κ3) is 3.19. The molecule has 100 valence electrons. The summed E-state index contributed by atoms with van der Waals surface area (Å²) in [6.07, 6.45) is 0. The predicted molar refractivity (Wildman–Crippen MR) is 60.7 cm³/mol. The van der Waals surface area contributed by atoms with Gasteiger partial charge in [0, 0.05) is 0 Å². The van der Waals surface area contributed by atoms with Gasteiger partial charge in [-0.25, -0.2) is 13.9 Å². The zero-order valence-electron chi connectivity index (χ0n) is 9.49. The molecule has 4 N–H and O–H groups in total. The predicted octanol–water partition coefficient (Wildman–Crippen LogP) is -0.578. The summed E-state index contributed by atoms with van der Waals surface area (Å²) in [4.78, 5) is 10.9. The number of amides is 1. The largest absolute Gasteiger partial charge is 0.508 e. The molecule has 0 saturated carbocycles. The Morgan fingerprint density at radius 3 is 2.28 bits per heavy atom. The van der Waals surface area contributed by atoms with E-state index >= 15 is 0 Å². The number of hydroxylamine groups is 1. The summed E-state index contributed by atoms with van der Waals surface area (Å²) in [5.74, 6) is -2.21. The van der Waals surface area contributed by atoms with Crippen LogP contribution in [0.4, 0.5) is 0 Å². The summed E-state index contributed by atoms with van der Waals surface area (Å²) in [5.41, 5.74) is -1.06. The van der Waals surface area contributed by atoms with Gasteiger partial charge in [0.1, 0.15) is 5.75 Å². The van der Waals surface area contributed by atoms with Gasteiger partial charge >= 0.3 is 0 Å². The van der Waals surface area contributed by atoms with Gasteiger partial charge in [-0.1, -0.05) is 0 Å². The van der Waals surface area contributed by atoms with Crippen molar-refractivity contribution < 1.29 is 28.6 Å². The lowest BCUT2D eigenvalue weighted by Gasteiger charge is -2.20. The first kappa shape index (κ1) is 14.4. The highest BCUT2D eigenvalue weighted by atomic mass is 32.2. The molecule has 1 atom stereocenters. The highest BCUT2D eigenvalue weighted by Gasteiger charge is 2.36. The van der Waals surface area contributed by atoms with Gasteiger partial charge in [-0.05, 0) is 31.2 Å². The number of phenols is 1. The van der Waals surface area contributed by atoms with Crippen molar-refractivity contribution in [3.63, 3.8) is 0 Å². The maximum atomic E-state index is 11.9. The first-order chi connectivity index (χ1) is 8.19. The summed E-state index contributed by atoms with van der Waals surface area (Å²) in [6.45, 7) is 0.969. The number of sulfone groups is 1. The lowest BCUT2D eigenvalue weighted by atomic mass is 10.1. The van der Waals surface area contributed by atoms with Crippen LogP contribution in [0.15, 0.2) is 29.2 Å². The van der Waals surface area contributed by atoms with Crippen LogP contribution in [0.3, 0.4) is 0 Å². The van der Waals surface area contributed by atoms with Crippen molar-refractivity contribution in [2.45, 2.75) is 17.4 Å². The van der Waals surface area contributed by atoms with Gasteiger partial charge in [0.25, 0.3) is 5.91 Å². The highest BCUT2D eigenvalue weighted by molar-refractivity contribution is 7.91. The fourth-order valence-corrected chi connectivity index (χ4v) is 2.88. The van der Waals surface area contributed by atoms with Crippen molar-refractivity contribution in [2.24, 2.45) is 0 Å². The van der Waals surface area contributed by atoms with Crippen LogP contribution in [0.25, 0.3) is 0 Å². The minimum absolute atomic E-state index is 0.103. The van der Waals surface area contributed by atoms with Crippen molar-refractivity contribution in [2.75, 3.05) is 5.75 Å². The lowest BCUT2D eigenvalue weighted by molar-refractivity contribution is -0.144. The second-order valence-corrected chi connectivity index (χ2v) is 5.96. The fourth-order valence-electron chi connectivity index (χ4n) is 1.29. The Kier molecular flexibility index (Phi) is 3.95. The number of phenolic OH excluding ortho intramolecular Hbond substituents is 1. The molecule has 0 fully saturated rings. The molecule has 1 aromatic carbocycles. The monoisotopic (exact) mass is 275 g/mol. The molecule has 0 aliphatic carbocycles. The molecule has 0 aliphatic heterocycles. The number of aliphatic hydroxyl groups is 1. The molecule has 18 heavy (non-hydrogen) atoms. The summed E-state index contributed by atoms with van der Waals surface area (Å²) in [7, 11) is -3.92. The minimum Gasteiger partial charge on any atom is -0.508 e. The van der Waals surface area contributed by atoms with E-state index in [1.54, 1.807) is 0 Å². The van der Waals surface area contributed by atoms with Crippen LogP contribution < -0.4 is 5.48 Å². The van der Waals surface area contributed by atoms with Gasteiger partial charge < -0.3 is 10.2 Å². The van der Waals surface area contributed by atoms with Crippen LogP contribution >= 0.6 is 0 Å². The van der Waals surface area contributed by atoms with E-state index in [0.29, 0.717) is 0 Å². The summed E-state index contributed by atoms with van der Waals surface area (Å²) < 4.78 is 23.8. The quantitative estimate of drug-likeness (QED) is 0.430. The number of carbonyl (C=O) groups is 1. The van der Waals surface area contributed by atoms with E-state index in [4.69, 9.17) is 10.3 Å². The maximum Gasteiger partial charge on any atom is 0.276 e. The summed E-state index contributed by atoms with van der Waals surface area (Å²) in [5, 5.41) is 27.1. The molecule has 0 radical (unpaired) electrons. The Hall–Kier alpha value is -1.64. The molecule has 0 aromatic heterocycles. The average molecular weight is 275 g/mol. The van der Waals surface area contributed by atoms with E-state index in [9.17, 15) is 18.3 Å². The average Bonchev–Trinajstić information content (AvgIpc) is 2.27. The smallest absolute Gasteiger partial charge is 0.276 e. The van der Waals surface area contributed by atoms with Crippen LogP contribution in [0.2, 0.25) is 0 Å². The highest BCUT2D eigenvalue weighted by Crippen LogP contribution is 2.19. The molecule has 0 aliphatic rings. The molecule has 8 heteroatoms. The van der Waals surface area contributed by atoms with Crippen molar-refractivity contribution in [1.82, 2.24) is 5.48 Å². The molecule has 1 unspecified atom stereocenters. The van der Waals surface area contributed by atoms with E-state index in [1.807, 2.05) is 0 Å². The van der Waals surface area contributed by atoms with E-state index in [1.165, 1.54) is 17.6 Å². The van der Waals surface area contributed by atoms with Crippen molar-refractivity contribution in [3.8, 4) is 5.75 Å². The van der Waals surface area contributed by atoms with Crippen LogP contribution in [-0.4, -0.2) is 41.1 Å². The fraction of sp³-hybridized carbons (Fsp3) is 0.300. The summed E-state index contributed by atoms with van der Waals surface area (Å²) in [6, 6.07) is 4.65. The Labute approximate surface area is 104 Å². The molecule has 7 nitrogen and oxygen atoms in total. The van der Waals surface area contributed by atoms with Gasteiger partial charge in [0.2, 0.25) is 0 Å². The minimum atomic E-state index is -3.92. The third-order valence-electron chi connectivity index (χ3n) is 2.26. The van der Waals surface area contributed by atoms with Crippen molar-refractivity contribution in [1.29, 1.82) is 0 Å². The number of aromatic hydroxyl groups is 1. The Morgan fingerprint density at radius 2 is 1.83 bits per heavy atom. The molecule has 0 saturated heterocycles. The van der Waals surface area contributed by atoms with Gasteiger partial charge in [-0.3, -0.25) is 10.0 Å². The number of rotatable bonds is 4. The van der Waals surface area contributed by atoms with Gasteiger partial charge in [-0.15, -0.1) is 0 Å². The molecule has 0 spiro atoms. The Morgan fingerprint density at radius 1 is 1.33 bits per heavy atom. The standard InChI is InChI=1S/C10H13NO6S/c1-10(14,9(13)11-15)6-18(16,17)8-4-2-7(12)3-5-8/h2-5,12,14-15H,6H2,1H3,(H,11,13). The van der Waals surface area contributed by atoms with E-state index in [2.05, 4.69) is 0 Å². The number of hydrogen-bond acceptors (Lipinski definition) is 6. The number of benzene rings is 1. The zero-order chi connectivity index (χ0) is 14.0. The first-order valence-corrected chi connectivity index (χ1v) is 6.53. The normalized spacial score (nSPS) is 14.8. The van der Waals surface area contributed by atoms with Crippen LogP contribution in [0.5, 0.6) is 5.75 Å². The topological polar surface area (TPSA) is 124 Å². The molecule has 0 bridgehead atoms. The molecule has 1 amide bonds. The van der Waals surface area contributed by atoms with Crippen LogP contribution in [0, 0.1) is 0 Å². The molecule has 1 aromatic rings. The van der Waals surface area contributed by atoms with E-state index in [0.717, 1.165) is 19.1 Å². The molecular formula is C10H13NO6S. The molecular weight excluding hydrogens is 262 g/mol. The van der Waals surface area contributed by atoms with E-state index < -0.39 is 27.1 Å². The van der Waals surface area contributed by atoms with Gasteiger partial charge in [0.05, 0.1) is 10.6 Å².